The quantitative estimate of drug-likeness (QED) is 0.685. The van der Waals surface area contributed by atoms with E-state index in [1.165, 1.54) is 18.5 Å². The van der Waals surface area contributed by atoms with Gasteiger partial charge in [-0.05, 0) is 42.5 Å². The van der Waals surface area contributed by atoms with Crippen molar-refractivity contribution < 1.29 is 13.3 Å². The lowest BCUT2D eigenvalue weighted by molar-refractivity contribution is 0.240. The van der Waals surface area contributed by atoms with Crippen LogP contribution < -0.4 is 10.5 Å². The number of nitrogens with two attached hydrogens (primary N) is 1. The Balaban J connectivity index is 1.54. The summed E-state index contributed by atoms with van der Waals surface area (Å²) in [4.78, 5) is 8.12. The standard InChI is InChI=1S/C22H22FN3O2S/c23-19-11-16(5-6-18(19)20-12-26-22(24)13-25-20)17-3-1-2-4-21(17)28-14-15-7-9-29(27)10-8-15/h1-6,11-13,15H,7-10,14H2,(H2,24,26). The minimum absolute atomic E-state index is 0.293. The number of aromatic nitrogens is 2. The van der Waals surface area contributed by atoms with Crippen LogP contribution in [0.4, 0.5) is 10.2 Å². The maximum Gasteiger partial charge on any atom is 0.141 e. The summed E-state index contributed by atoms with van der Waals surface area (Å²) >= 11 is 0. The number of nitrogen functional groups attached to an aromatic ring is 1. The van der Waals surface area contributed by atoms with Gasteiger partial charge in [-0.15, -0.1) is 0 Å². The van der Waals surface area contributed by atoms with Gasteiger partial charge in [-0.1, -0.05) is 24.3 Å². The molecule has 7 heteroatoms. The molecule has 150 valence electrons. The third kappa shape index (κ3) is 4.62. The van der Waals surface area contributed by atoms with Gasteiger partial charge >= 0.3 is 0 Å². The van der Waals surface area contributed by atoms with Crippen LogP contribution >= 0.6 is 0 Å². The zero-order valence-corrected chi connectivity index (χ0v) is 16.7. The zero-order chi connectivity index (χ0) is 20.2. The monoisotopic (exact) mass is 411 g/mol. The fourth-order valence-corrected chi connectivity index (χ4v) is 4.81. The highest BCUT2D eigenvalue weighted by Gasteiger charge is 2.19. The molecule has 0 unspecified atom stereocenters. The molecule has 0 aliphatic carbocycles. The Morgan fingerprint density at radius 2 is 1.86 bits per heavy atom. The molecular weight excluding hydrogens is 389 g/mol. The van der Waals surface area contributed by atoms with Gasteiger partial charge in [0.25, 0.3) is 0 Å². The van der Waals surface area contributed by atoms with Crippen molar-refractivity contribution >= 4 is 16.6 Å². The maximum atomic E-state index is 14.8. The first-order valence-corrected chi connectivity index (χ1v) is 11.0. The smallest absolute Gasteiger partial charge is 0.141 e. The molecular formula is C22H22FN3O2S. The highest BCUT2D eigenvalue weighted by Crippen LogP contribution is 2.33. The van der Waals surface area contributed by atoms with E-state index < -0.39 is 10.8 Å². The summed E-state index contributed by atoms with van der Waals surface area (Å²) in [5.74, 6) is 2.53. The summed E-state index contributed by atoms with van der Waals surface area (Å²) in [5.41, 5.74) is 7.92. The molecule has 2 heterocycles. The van der Waals surface area contributed by atoms with Crippen LogP contribution in [0.5, 0.6) is 5.75 Å². The Morgan fingerprint density at radius 3 is 2.59 bits per heavy atom. The average molecular weight is 412 g/mol. The fraction of sp³-hybridized carbons (Fsp3) is 0.273. The predicted octanol–water partition coefficient (Wildman–Crippen LogP) is 4.07. The Morgan fingerprint density at radius 1 is 1.07 bits per heavy atom. The SMILES string of the molecule is Nc1cnc(-c2ccc(-c3ccccc3OCC3CCS(=O)CC3)cc2F)cn1. The summed E-state index contributed by atoms with van der Waals surface area (Å²) in [6.07, 6.45) is 4.70. The molecule has 0 amide bonds. The second kappa shape index (κ2) is 8.69. The van der Waals surface area contributed by atoms with Gasteiger partial charge in [0.1, 0.15) is 17.4 Å². The molecule has 2 N–H and O–H groups in total. The van der Waals surface area contributed by atoms with Crippen molar-refractivity contribution in [2.75, 3.05) is 23.8 Å². The second-order valence-electron chi connectivity index (χ2n) is 7.12. The van der Waals surface area contributed by atoms with Gasteiger partial charge in [0, 0.05) is 33.4 Å². The molecule has 1 fully saturated rings. The molecule has 0 spiro atoms. The largest absolute Gasteiger partial charge is 0.493 e. The number of para-hydroxylation sites is 1. The van der Waals surface area contributed by atoms with Crippen molar-refractivity contribution in [1.29, 1.82) is 0 Å². The lowest BCUT2D eigenvalue weighted by atomic mass is 10.0. The van der Waals surface area contributed by atoms with Crippen molar-refractivity contribution in [3.8, 4) is 28.1 Å². The van der Waals surface area contributed by atoms with Gasteiger partial charge in [-0.3, -0.25) is 9.19 Å². The van der Waals surface area contributed by atoms with Crippen molar-refractivity contribution in [1.82, 2.24) is 9.97 Å². The number of halogens is 1. The number of hydrogen-bond acceptors (Lipinski definition) is 5. The van der Waals surface area contributed by atoms with Gasteiger partial charge in [-0.25, -0.2) is 9.37 Å². The van der Waals surface area contributed by atoms with Crippen molar-refractivity contribution in [2.24, 2.45) is 5.92 Å². The van der Waals surface area contributed by atoms with Gasteiger partial charge in [0.2, 0.25) is 0 Å². The zero-order valence-electron chi connectivity index (χ0n) is 15.9. The van der Waals surface area contributed by atoms with Crippen LogP contribution in [0, 0.1) is 11.7 Å². The highest BCUT2D eigenvalue weighted by atomic mass is 32.2. The number of benzene rings is 2. The van der Waals surface area contributed by atoms with E-state index in [4.69, 9.17) is 10.5 Å². The van der Waals surface area contributed by atoms with Crippen LogP contribution in [-0.4, -0.2) is 32.3 Å². The Hall–Kier alpha value is -2.80. The molecule has 1 aliphatic rings. The molecule has 1 aliphatic heterocycles. The number of nitrogens with zero attached hydrogens (tertiary/aromatic N) is 2. The number of hydrogen-bond donors (Lipinski definition) is 1. The molecule has 5 nitrogen and oxygen atoms in total. The van der Waals surface area contributed by atoms with E-state index in [0.29, 0.717) is 29.6 Å². The molecule has 0 atom stereocenters. The molecule has 1 aromatic heterocycles. The van der Waals surface area contributed by atoms with E-state index >= 15 is 0 Å². The summed E-state index contributed by atoms with van der Waals surface area (Å²) < 4.78 is 32.4. The molecule has 29 heavy (non-hydrogen) atoms. The van der Waals surface area contributed by atoms with Gasteiger partial charge in [0.05, 0.1) is 24.7 Å². The Labute approximate surface area is 171 Å². The van der Waals surface area contributed by atoms with Crippen LogP contribution in [0.25, 0.3) is 22.4 Å². The van der Waals surface area contributed by atoms with Crippen molar-refractivity contribution in [2.45, 2.75) is 12.8 Å². The van der Waals surface area contributed by atoms with Gasteiger partial charge < -0.3 is 10.5 Å². The number of anilines is 1. The van der Waals surface area contributed by atoms with Crippen molar-refractivity contribution in [3.63, 3.8) is 0 Å². The van der Waals surface area contributed by atoms with Crippen LogP contribution in [0.2, 0.25) is 0 Å². The minimum atomic E-state index is -0.679. The Kier molecular flexibility index (Phi) is 5.85. The van der Waals surface area contributed by atoms with Gasteiger partial charge in [-0.2, -0.15) is 0 Å². The second-order valence-corrected chi connectivity index (χ2v) is 8.82. The maximum absolute atomic E-state index is 14.8. The Bertz CT molecular complexity index is 1020. The van der Waals surface area contributed by atoms with Crippen LogP contribution in [-0.2, 0) is 10.8 Å². The topological polar surface area (TPSA) is 78.1 Å². The summed E-state index contributed by atoms with van der Waals surface area (Å²) in [6, 6.07) is 12.7. The van der Waals surface area contributed by atoms with E-state index in [9.17, 15) is 8.60 Å². The highest BCUT2D eigenvalue weighted by molar-refractivity contribution is 7.85. The van der Waals surface area contributed by atoms with Crippen LogP contribution in [0.1, 0.15) is 12.8 Å². The first kappa shape index (κ1) is 19.5. The molecule has 3 aromatic rings. The third-order valence-electron chi connectivity index (χ3n) is 5.10. The van der Waals surface area contributed by atoms with E-state index in [1.54, 1.807) is 6.07 Å². The average Bonchev–Trinajstić information content (AvgIpc) is 2.74. The number of rotatable bonds is 5. The molecule has 1 saturated heterocycles. The van der Waals surface area contributed by atoms with Crippen LogP contribution in [0.3, 0.4) is 0 Å². The lowest BCUT2D eigenvalue weighted by Crippen LogP contribution is -2.23. The molecule has 0 saturated carbocycles. The van der Waals surface area contributed by atoms with E-state index in [2.05, 4.69) is 9.97 Å². The summed E-state index contributed by atoms with van der Waals surface area (Å²) in [5, 5.41) is 0. The molecule has 0 bridgehead atoms. The molecule has 2 aromatic carbocycles. The normalized spacial score (nSPS) is 19.1. The predicted molar refractivity (Wildman–Crippen MR) is 113 cm³/mol. The first-order chi connectivity index (χ1) is 14.1. The lowest BCUT2D eigenvalue weighted by Gasteiger charge is -2.22. The summed E-state index contributed by atoms with van der Waals surface area (Å²) in [6.45, 7) is 0.579. The van der Waals surface area contributed by atoms with Gasteiger partial charge in [0.15, 0.2) is 0 Å². The first-order valence-electron chi connectivity index (χ1n) is 9.55. The molecule has 4 rings (SSSR count). The third-order valence-corrected chi connectivity index (χ3v) is 6.48. The minimum Gasteiger partial charge on any atom is -0.493 e. The van der Waals surface area contributed by atoms with E-state index in [-0.39, 0.29) is 5.82 Å². The van der Waals surface area contributed by atoms with Crippen LogP contribution in [0.15, 0.2) is 54.9 Å². The van der Waals surface area contributed by atoms with E-state index in [1.807, 2.05) is 30.3 Å². The number of ether oxygens (including phenoxy) is 1. The molecule has 0 radical (unpaired) electrons. The van der Waals surface area contributed by atoms with E-state index in [0.717, 1.165) is 41.2 Å². The summed E-state index contributed by atoms with van der Waals surface area (Å²) in [7, 11) is -0.679. The fourth-order valence-electron chi connectivity index (χ4n) is 3.42. The van der Waals surface area contributed by atoms with Crippen molar-refractivity contribution in [3.05, 3.63) is 60.7 Å².